The van der Waals surface area contributed by atoms with Crippen LogP contribution >= 0.6 is 12.2 Å². The lowest BCUT2D eigenvalue weighted by Gasteiger charge is -2.31. The number of nitrogens with zero attached hydrogens (tertiary/aromatic N) is 3. The predicted octanol–water partition coefficient (Wildman–Crippen LogP) is 1.35. The van der Waals surface area contributed by atoms with Crippen molar-refractivity contribution in [3.8, 4) is 0 Å². The maximum atomic E-state index is 5.48. The number of anilines is 1. The van der Waals surface area contributed by atoms with Crippen LogP contribution in [0.25, 0.3) is 0 Å². The molecule has 2 heterocycles. The van der Waals surface area contributed by atoms with Gasteiger partial charge in [0.1, 0.15) is 16.5 Å². The van der Waals surface area contributed by atoms with E-state index >= 15 is 0 Å². The highest BCUT2D eigenvalue weighted by Gasteiger charge is 2.17. The molecular formula is C11H16N4S. The van der Waals surface area contributed by atoms with E-state index < -0.39 is 0 Å². The Morgan fingerprint density at radius 1 is 1.50 bits per heavy atom. The predicted molar refractivity (Wildman–Crippen MR) is 68.5 cm³/mol. The van der Waals surface area contributed by atoms with E-state index in [9.17, 15) is 0 Å². The third-order valence-electron chi connectivity index (χ3n) is 2.87. The highest BCUT2D eigenvalue weighted by atomic mass is 32.1. The van der Waals surface area contributed by atoms with E-state index in [0.717, 1.165) is 24.8 Å². The molecule has 2 rings (SSSR count). The molecule has 1 aromatic rings. The average molecular weight is 236 g/mol. The van der Waals surface area contributed by atoms with Crippen LogP contribution in [0.1, 0.15) is 25.5 Å². The van der Waals surface area contributed by atoms with Gasteiger partial charge in [0.05, 0.1) is 12.4 Å². The second-order valence-electron chi connectivity index (χ2n) is 4.32. The van der Waals surface area contributed by atoms with Crippen molar-refractivity contribution >= 4 is 23.0 Å². The average Bonchev–Trinajstić information content (AvgIpc) is 2.29. The van der Waals surface area contributed by atoms with Crippen LogP contribution in [0.2, 0.25) is 0 Å². The molecule has 16 heavy (non-hydrogen) atoms. The van der Waals surface area contributed by atoms with Gasteiger partial charge in [-0.25, -0.2) is 9.97 Å². The largest absolute Gasteiger partial charge is 0.388 e. The Labute approximate surface area is 101 Å². The summed E-state index contributed by atoms with van der Waals surface area (Å²) in [6.07, 6.45) is 5.93. The van der Waals surface area contributed by atoms with Gasteiger partial charge in [-0.05, 0) is 18.8 Å². The topological polar surface area (TPSA) is 55.0 Å². The molecule has 1 atom stereocenters. The quantitative estimate of drug-likeness (QED) is 0.785. The molecule has 2 N–H and O–H groups in total. The molecule has 1 aliphatic rings. The zero-order chi connectivity index (χ0) is 11.5. The first-order chi connectivity index (χ1) is 7.66. The highest BCUT2D eigenvalue weighted by Crippen LogP contribution is 2.20. The Morgan fingerprint density at radius 3 is 2.88 bits per heavy atom. The number of nitrogens with two attached hydrogens (primary N) is 1. The minimum atomic E-state index is 0.297. The van der Waals surface area contributed by atoms with Gasteiger partial charge in [0.2, 0.25) is 0 Å². The van der Waals surface area contributed by atoms with Crippen LogP contribution < -0.4 is 10.6 Å². The van der Waals surface area contributed by atoms with Crippen molar-refractivity contribution in [3.63, 3.8) is 0 Å². The molecule has 1 aliphatic heterocycles. The monoisotopic (exact) mass is 236 g/mol. The molecule has 0 saturated carbocycles. The minimum absolute atomic E-state index is 0.297. The van der Waals surface area contributed by atoms with Crippen molar-refractivity contribution in [1.82, 2.24) is 9.97 Å². The van der Waals surface area contributed by atoms with Gasteiger partial charge in [0.25, 0.3) is 0 Å². The van der Waals surface area contributed by atoms with Gasteiger partial charge in [0, 0.05) is 13.1 Å². The van der Waals surface area contributed by atoms with Crippen molar-refractivity contribution in [2.45, 2.75) is 19.8 Å². The van der Waals surface area contributed by atoms with E-state index in [0.29, 0.717) is 10.7 Å². The van der Waals surface area contributed by atoms with E-state index in [1.54, 1.807) is 12.4 Å². The molecule has 0 amide bonds. The smallest absolute Gasteiger partial charge is 0.147 e. The van der Waals surface area contributed by atoms with Crippen LogP contribution in [0, 0.1) is 5.92 Å². The number of hydrogen-bond acceptors (Lipinski definition) is 4. The molecule has 0 aromatic carbocycles. The minimum Gasteiger partial charge on any atom is -0.388 e. The Bertz CT molecular complexity index is 376. The van der Waals surface area contributed by atoms with Crippen LogP contribution in [-0.2, 0) is 0 Å². The Hall–Kier alpha value is -1.23. The van der Waals surface area contributed by atoms with Gasteiger partial charge >= 0.3 is 0 Å². The first-order valence-corrected chi connectivity index (χ1v) is 5.94. The Kier molecular flexibility index (Phi) is 3.33. The maximum absolute atomic E-state index is 5.48. The summed E-state index contributed by atoms with van der Waals surface area (Å²) in [7, 11) is 0. The molecule has 0 radical (unpaired) electrons. The van der Waals surface area contributed by atoms with Crippen molar-refractivity contribution in [3.05, 3.63) is 18.1 Å². The van der Waals surface area contributed by atoms with Crippen molar-refractivity contribution in [2.24, 2.45) is 11.7 Å². The first-order valence-electron chi connectivity index (χ1n) is 5.53. The van der Waals surface area contributed by atoms with Crippen molar-refractivity contribution in [1.29, 1.82) is 0 Å². The van der Waals surface area contributed by atoms with Gasteiger partial charge < -0.3 is 10.6 Å². The number of piperidine rings is 1. The molecule has 1 unspecified atom stereocenters. The lowest BCUT2D eigenvalue weighted by molar-refractivity contribution is 0.444. The molecule has 1 aromatic heterocycles. The van der Waals surface area contributed by atoms with Crippen LogP contribution in [0.3, 0.4) is 0 Å². The van der Waals surface area contributed by atoms with Crippen LogP contribution in [0.5, 0.6) is 0 Å². The van der Waals surface area contributed by atoms with E-state index in [2.05, 4.69) is 21.8 Å². The number of hydrogen-bond donors (Lipinski definition) is 1. The van der Waals surface area contributed by atoms with Crippen molar-refractivity contribution < 1.29 is 0 Å². The normalized spacial score (nSPS) is 20.8. The molecule has 0 spiro atoms. The van der Waals surface area contributed by atoms with E-state index in [1.807, 2.05) is 0 Å². The molecule has 4 nitrogen and oxygen atoms in total. The summed E-state index contributed by atoms with van der Waals surface area (Å²) >= 11 is 4.84. The third-order valence-corrected chi connectivity index (χ3v) is 3.08. The SMILES string of the molecule is CC1CCCN(c2cnc(C(N)=S)cn2)C1. The second kappa shape index (κ2) is 4.74. The lowest BCUT2D eigenvalue weighted by atomic mass is 10.0. The zero-order valence-electron chi connectivity index (χ0n) is 9.39. The summed E-state index contributed by atoms with van der Waals surface area (Å²) in [6.45, 7) is 4.38. The van der Waals surface area contributed by atoms with Gasteiger partial charge in [-0.3, -0.25) is 0 Å². The number of thiocarbonyl (C=S) groups is 1. The first kappa shape index (κ1) is 11.3. The van der Waals surface area contributed by atoms with Gasteiger partial charge in [-0.1, -0.05) is 19.1 Å². The molecule has 86 valence electrons. The maximum Gasteiger partial charge on any atom is 0.147 e. The van der Waals surface area contributed by atoms with Gasteiger partial charge in [-0.2, -0.15) is 0 Å². The fraction of sp³-hybridized carbons (Fsp3) is 0.545. The van der Waals surface area contributed by atoms with E-state index in [-0.39, 0.29) is 0 Å². The summed E-state index contributed by atoms with van der Waals surface area (Å²) in [6, 6.07) is 0. The van der Waals surface area contributed by atoms with Gasteiger partial charge in [-0.15, -0.1) is 0 Å². The van der Waals surface area contributed by atoms with E-state index in [1.165, 1.54) is 12.8 Å². The van der Waals surface area contributed by atoms with Crippen LogP contribution in [0.4, 0.5) is 5.82 Å². The molecule has 1 fully saturated rings. The second-order valence-corrected chi connectivity index (χ2v) is 4.76. The third kappa shape index (κ3) is 2.47. The molecular weight excluding hydrogens is 220 g/mol. The number of rotatable bonds is 2. The van der Waals surface area contributed by atoms with Crippen molar-refractivity contribution in [2.75, 3.05) is 18.0 Å². The lowest BCUT2D eigenvalue weighted by Crippen LogP contribution is -2.35. The fourth-order valence-corrected chi connectivity index (χ4v) is 2.11. The Morgan fingerprint density at radius 2 is 2.31 bits per heavy atom. The summed E-state index contributed by atoms with van der Waals surface area (Å²) in [5, 5.41) is 0. The molecule has 5 heteroatoms. The summed E-state index contributed by atoms with van der Waals surface area (Å²) in [4.78, 5) is 11.1. The highest BCUT2D eigenvalue weighted by molar-refractivity contribution is 7.80. The van der Waals surface area contributed by atoms with Gasteiger partial charge in [0.15, 0.2) is 0 Å². The Balaban J connectivity index is 2.11. The molecule has 0 aliphatic carbocycles. The molecule has 0 bridgehead atoms. The molecule has 1 saturated heterocycles. The zero-order valence-corrected chi connectivity index (χ0v) is 10.2. The fourth-order valence-electron chi connectivity index (χ4n) is 2.01. The van der Waals surface area contributed by atoms with Crippen LogP contribution in [-0.4, -0.2) is 28.0 Å². The number of aromatic nitrogens is 2. The van der Waals surface area contributed by atoms with Crippen LogP contribution in [0.15, 0.2) is 12.4 Å². The standard InChI is InChI=1S/C11H16N4S/c1-8-3-2-4-15(7-8)10-6-13-9(5-14-10)11(12)16/h5-6,8H,2-4,7H2,1H3,(H2,12,16). The summed E-state index contributed by atoms with van der Waals surface area (Å²) < 4.78 is 0. The summed E-state index contributed by atoms with van der Waals surface area (Å²) in [5.74, 6) is 1.65. The van der Waals surface area contributed by atoms with E-state index in [4.69, 9.17) is 18.0 Å². The summed E-state index contributed by atoms with van der Waals surface area (Å²) in [5.41, 5.74) is 6.07.